The first-order chi connectivity index (χ1) is 9.28. The maximum atomic E-state index is 12.6. The van der Waals surface area contributed by atoms with Gasteiger partial charge in [0.15, 0.2) is 0 Å². The van der Waals surface area contributed by atoms with Crippen molar-refractivity contribution in [3.05, 3.63) is 24.3 Å². The highest BCUT2D eigenvalue weighted by molar-refractivity contribution is 7.89. The first-order valence-electron chi connectivity index (χ1n) is 6.14. The molecule has 0 unspecified atom stereocenters. The van der Waals surface area contributed by atoms with Gasteiger partial charge in [0, 0.05) is 6.54 Å². The predicted octanol–water partition coefficient (Wildman–Crippen LogP) is 1.43. The number of methoxy groups -OCH3 is 1. The summed E-state index contributed by atoms with van der Waals surface area (Å²) < 4.78 is 31.1. The molecule has 1 aromatic rings. The van der Waals surface area contributed by atoms with E-state index >= 15 is 0 Å². The average molecular weight is 301 g/mol. The van der Waals surface area contributed by atoms with E-state index in [4.69, 9.17) is 9.84 Å². The van der Waals surface area contributed by atoms with E-state index in [0.29, 0.717) is 0 Å². The zero-order chi connectivity index (χ0) is 15.3. The van der Waals surface area contributed by atoms with Crippen LogP contribution in [-0.2, 0) is 14.8 Å². The highest BCUT2D eigenvalue weighted by Crippen LogP contribution is 2.26. The van der Waals surface area contributed by atoms with Gasteiger partial charge in [-0.1, -0.05) is 26.0 Å². The maximum absolute atomic E-state index is 12.6. The summed E-state index contributed by atoms with van der Waals surface area (Å²) in [7, 11) is -2.53. The third-order valence-electron chi connectivity index (χ3n) is 2.57. The Bertz CT molecular complexity index is 568. The van der Waals surface area contributed by atoms with Crippen LogP contribution in [0, 0.1) is 5.92 Å². The third-order valence-corrected chi connectivity index (χ3v) is 4.42. The number of carbonyl (C=O) groups is 1. The van der Waals surface area contributed by atoms with Crippen LogP contribution in [0.5, 0.6) is 5.75 Å². The molecule has 0 saturated carbocycles. The number of rotatable bonds is 7. The zero-order valence-electron chi connectivity index (χ0n) is 11.7. The van der Waals surface area contributed by atoms with Crippen molar-refractivity contribution in [1.82, 2.24) is 4.31 Å². The Balaban J connectivity index is 3.24. The second-order valence-corrected chi connectivity index (χ2v) is 6.64. The second-order valence-electron chi connectivity index (χ2n) is 4.74. The molecule has 1 N–H and O–H groups in total. The zero-order valence-corrected chi connectivity index (χ0v) is 12.6. The molecule has 7 heteroatoms. The van der Waals surface area contributed by atoms with Gasteiger partial charge < -0.3 is 9.84 Å². The van der Waals surface area contributed by atoms with Crippen LogP contribution in [0.15, 0.2) is 29.2 Å². The van der Waals surface area contributed by atoms with Crippen LogP contribution in [0.4, 0.5) is 0 Å². The first-order valence-corrected chi connectivity index (χ1v) is 7.58. The number of hydrogen-bond acceptors (Lipinski definition) is 4. The van der Waals surface area contributed by atoms with Crippen LogP contribution in [0.2, 0.25) is 0 Å². The van der Waals surface area contributed by atoms with Crippen LogP contribution >= 0.6 is 0 Å². The summed E-state index contributed by atoms with van der Waals surface area (Å²) in [4.78, 5) is 10.9. The van der Waals surface area contributed by atoms with Crippen molar-refractivity contribution >= 4 is 16.0 Å². The van der Waals surface area contributed by atoms with Gasteiger partial charge in [-0.05, 0) is 18.1 Å². The topological polar surface area (TPSA) is 83.9 Å². The van der Waals surface area contributed by atoms with Crippen LogP contribution in [0.1, 0.15) is 13.8 Å². The molecular weight excluding hydrogens is 282 g/mol. The lowest BCUT2D eigenvalue weighted by Crippen LogP contribution is -2.38. The first kappa shape index (κ1) is 16.5. The van der Waals surface area contributed by atoms with Gasteiger partial charge in [-0.25, -0.2) is 8.42 Å². The Morgan fingerprint density at radius 2 is 1.95 bits per heavy atom. The normalized spacial score (nSPS) is 11.8. The summed E-state index contributed by atoms with van der Waals surface area (Å²) >= 11 is 0. The molecular formula is C13H19NO5S. The van der Waals surface area contributed by atoms with E-state index < -0.39 is 22.5 Å². The minimum atomic E-state index is -3.91. The molecule has 0 fully saturated rings. The number of carboxylic acid groups (broad SMARTS) is 1. The van der Waals surface area contributed by atoms with Crippen molar-refractivity contribution in [3.63, 3.8) is 0 Å². The molecule has 0 aromatic heterocycles. The summed E-state index contributed by atoms with van der Waals surface area (Å²) in [6.45, 7) is 3.21. The number of nitrogens with zero attached hydrogens (tertiary/aromatic N) is 1. The van der Waals surface area contributed by atoms with E-state index in [2.05, 4.69) is 0 Å². The highest BCUT2D eigenvalue weighted by atomic mass is 32.2. The third kappa shape index (κ3) is 3.94. The van der Waals surface area contributed by atoms with Gasteiger partial charge >= 0.3 is 5.97 Å². The summed E-state index contributed by atoms with van der Waals surface area (Å²) in [5.74, 6) is -0.977. The van der Waals surface area contributed by atoms with E-state index in [1.807, 2.05) is 13.8 Å². The number of sulfonamides is 1. The summed E-state index contributed by atoms with van der Waals surface area (Å²) in [6.07, 6.45) is 0. The van der Waals surface area contributed by atoms with Crippen molar-refractivity contribution in [2.45, 2.75) is 18.7 Å². The largest absolute Gasteiger partial charge is 0.495 e. The second kappa shape index (κ2) is 6.71. The van der Waals surface area contributed by atoms with E-state index in [1.165, 1.54) is 19.2 Å². The fourth-order valence-electron chi connectivity index (χ4n) is 1.78. The van der Waals surface area contributed by atoms with E-state index in [0.717, 1.165) is 4.31 Å². The number of ether oxygens (including phenoxy) is 1. The SMILES string of the molecule is COc1ccccc1S(=O)(=O)N(CC(=O)O)CC(C)C. The van der Waals surface area contributed by atoms with Gasteiger partial charge in [0.2, 0.25) is 10.0 Å². The molecule has 0 bridgehead atoms. The molecule has 0 aliphatic carbocycles. The van der Waals surface area contributed by atoms with Gasteiger partial charge in [-0.15, -0.1) is 0 Å². The predicted molar refractivity (Wildman–Crippen MR) is 74.2 cm³/mol. The monoisotopic (exact) mass is 301 g/mol. The smallest absolute Gasteiger partial charge is 0.318 e. The Labute approximate surface area is 119 Å². The molecule has 0 saturated heterocycles. The van der Waals surface area contributed by atoms with Crippen LogP contribution in [-0.4, -0.2) is 44.0 Å². The van der Waals surface area contributed by atoms with E-state index in [9.17, 15) is 13.2 Å². The number of para-hydroxylation sites is 1. The minimum absolute atomic E-state index is 0.0128. The lowest BCUT2D eigenvalue weighted by atomic mass is 10.2. The molecule has 0 aliphatic heterocycles. The molecule has 0 radical (unpaired) electrons. The quantitative estimate of drug-likeness (QED) is 0.823. The van der Waals surface area contributed by atoms with Crippen molar-refractivity contribution in [2.75, 3.05) is 20.2 Å². The molecule has 0 atom stereocenters. The number of carboxylic acids is 1. The standard InChI is InChI=1S/C13H19NO5S/c1-10(2)8-14(9-13(15)16)20(17,18)12-7-5-4-6-11(12)19-3/h4-7,10H,8-9H2,1-3H3,(H,15,16). The fraction of sp³-hybridized carbons (Fsp3) is 0.462. The molecule has 0 aliphatic rings. The van der Waals surface area contributed by atoms with Gasteiger partial charge in [0.25, 0.3) is 0 Å². The van der Waals surface area contributed by atoms with E-state index in [-0.39, 0.29) is 23.1 Å². The lowest BCUT2D eigenvalue weighted by molar-refractivity contribution is -0.137. The van der Waals surface area contributed by atoms with Crippen molar-refractivity contribution in [3.8, 4) is 5.75 Å². The van der Waals surface area contributed by atoms with Crippen molar-refractivity contribution in [1.29, 1.82) is 0 Å². The molecule has 112 valence electrons. The van der Waals surface area contributed by atoms with E-state index in [1.54, 1.807) is 12.1 Å². The van der Waals surface area contributed by atoms with Crippen LogP contribution < -0.4 is 4.74 Å². The Kier molecular flexibility index (Phi) is 5.52. The molecule has 1 rings (SSSR count). The minimum Gasteiger partial charge on any atom is -0.495 e. The molecule has 0 amide bonds. The molecule has 0 spiro atoms. The average Bonchev–Trinajstić information content (AvgIpc) is 2.36. The van der Waals surface area contributed by atoms with Gasteiger partial charge in [-0.2, -0.15) is 4.31 Å². The number of benzene rings is 1. The van der Waals surface area contributed by atoms with Crippen molar-refractivity contribution in [2.24, 2.45) is 5.92 Å². The Hall–Kier alpha value is -1.60. The van der Waals surface area contributed by atoms with Crippen LogP contribution in [0.25, 0.3) is 0 Å². The fourth-order valence-corrected chi connectivity index (χ4v) is 3.49. The summed E-state index contributed by atoms with van der Waals surface area (Å²) in [6, 6.07) is 6.16. The molecule has 0 heterocycles. The summed E-state index contributed by atoms with van der Waals surface area (Å²) in [5.41, 5.74) is 0. The highest BCUT2D eigenvalue weighted by Gasteiger charge is 2.29. The lowest BCUT2D eigenvalue weighted by Gasteiger charge is -2.23. The van der Waals surface area contributed by atoms with Gasteiger partial charge in [-0.3, -0.25) is 4.79 Å². The number of aliphatic carboxylic acids is 1. The Morgan fingerprint density at radius 3 is 2.45 bits per heavy atom. The molecule has 1 aromatic carbocycles. The summed E-state index contributed by atoms with van der Waals surface area (Å²) in [5, 5.41) is 8.90. The molecule has 6 nitrogen and oxygen atoms in total. The van der Waals surface area contributed by atoms with Crippen LogP contribution in [0.3, 0.4) is 0 Å². The molecule has 20 heavy (non-hydrogen) atoms. The van der Waals surface area contributed by atoms with Crippen molar-refractivity contribution < 1.29 is 23.1 Å². The maximum Gasteiger partial charge on any atom is 0.318 e. The Morgan fingerprint density at radius 1 is 1.35 bits per heavy atom. The van der Waals surface area contributed by atoms with Gasteiger partial charge in [0.05, 0.1) is 7.11 Å². The van der Waals surface area contributed by atoms with Gasteiger partial charge in [0.1, 0.15) is 17.2 Å². The number of hydrogen-bond donors (Lipinski definition) is 1.